The number of carbonyl (C=O) groups is 2. The van der Waals surface area contributed by atoms with Crippen LogP contribution in [0.1, 0.15) is 18.4 Å². The van der Waals surface area contributed by atoms with Gasteiger partial charge in [0.15, 0.2) is 11.6 Å². The summed E-state index contributed by atoms with van der Waals surface area (Å²) in [5, 5.41) is 2.75. The van der Waals surface area contributed by atoms with E-state index >= 15 is 0 Å². The summed E-state index contributed by atoms with van der Waals surface area (Å²) in [7, 11) is 3.75. The van der Waals surface area contributed by atoms with Crippen molar-refractivity contribution in [3.63, 3.8) is 0 Å². The minimum absolute atomic E-state index is 0.00454. The first-order valence-corrected chi connectivity index (χ1v) is 9.27. The van der Waals surface area contributed by atoms with Gasteiger partial charge in [-0.2, -0.15) is 0 Å². The maximum atomic E-state index is 13.7. The van der Waals surface area contributed by atoms with E-state index in [0.717, 1.165) is 18.9 Å². The lowest BCUT2D eigenvalue weighted by atomic mass is 10.0. The molecule has 0 radical (unpaired) electrons. The van der Waals surface area contributed by atoms with Crippen molar-refractivity contribution in [1.29, 1.82) is 0 Å². The van der Waals surface area contributed by atoms with Crippen molar-refractivity contribution in [2.75, 3.05) is 33.7 Å². The molecular weight excluding hydrogens is 373 g/mol. The van der Waals surface area contributed by atoms with E-state index in [1.165, 1.54) is 0 Å². The van der Waals surface area contributed by atoms with Gasteiger partial charge in [-0.05, 0) is 38.6 Å². The summed E-state index contributed by atoms with van der Waals surface area (Å²) in [6.45, 7) is 1.80. The highest BCUT2D eigenvalue weighted by Gasteiger charge is 2.42. The second-order valence-electron chi connectivity index (χ2n) is 7.29. The van der Waals surface area contributed by atoms with Crippen molar-refractivity contribution in [3.05, 3.63) is 35.1 Å². The number of hydrogen-bond acceptors (Lipinski definition) is 4. The number of amides is 2. The van der Waals surface area contributed by atoms with Crippen LogP contribution in [-0.2, 0) is 16.0 Å². The first kappa shape index (κ1) is 22.2. The highest BCUT2D eigenvalue weighted by Crippen LogP contribution is 2.31. The van der Waals surface area contributed by atoms with Gasteiger partial charge in [0.1, 0.15) is 5.82 Å². The lowest BCUT2D eigenvalue weighted by Gasteiger charge is -2.25. The van der Waals surface area contributed by atoms with Crippen molar-refractivity contribution < 1.29 is 22.8 Å². The second kappa shape index (κ2) is 9.88. The van der Waals surface area contributed by atoms with Gasteiger partial charge in [0.05, 0.1) is 6.04 Å². The van der Waals surface area contributed by atoms with Gasteiger partial charge in [-0.3, -0.25) is 9.59 Å². The first-order chi connectivity index (χ1) is 13.3. The molecule has 1 unspecified atom stereocenters. The lowest BCUT2D eigenvalue weighted by Crippen LogP contribution is -2.42. The molecule has 6 nitrogen and oxygen atoms in total. The predicted molar refractivity (Wildman–Crippen MR) is 98.8 cm³/mol. The third-order valence-electron chi connectivity index (χ3n) is 5.05. The number of fused-ring (bicyclic) bond motifs is 1. The Hall–Kier alpha value is -2.13. The van der Waals surface area contributed by atoms with Gasteiger partial charge in [-0.1, -0.05) is 0 Å². The van der Waals surface area contributed by atoms with E-state index in [9.17, 15) is 22.8 Å². The number of nitrogens with zero attached hydrogens (tertiary/aromatic N) is 2. The summed E-state index contributed by atoms with van der Waals surface area (Å²) < 4.78 is 39.9. The summed E-state index contributed by atoms with van der Waals surface area (Å²) in [4.78, 5) is 26.8. The second-order valence-corrected chi connectivity index (χ2v) is 7.29. The maximum absolute atomic E-state index is 13.7. The maximum Gasteiger partial charge on any atom is 0.224 e. The molecule has 3 atom stereocenters. The Morgan fingerprint density at radius 1 is 1.25 bits per heavy atom. The van der Waals surface area contributed by atoms with Gasteiger partial charge in [0.25, 0.3) is 0 Å². The fourth-order valence-electron chi connectivity index (χ4n) is 3.81. The van der Waals surface area contributed by atoms with Gasteiger partial charge in [0.2, 0.25) is 12.3 Å². The Labute approximate surface area is 162 Å². The normalized spacial score (nSPS) is 21.8. The van der Waals surface area contributed by atoms with E-state index < -0.39 is 23.5 Å². The fraction of sp³-hybridized carbons (Fsp3) is 0.579. The van der Waals surface area contributed by atoms with Gasteiger partial charge in [0, 0.05) is 44.1 Å². The molecule has 2 fully saturated rings. The highest BCUT2D eigenvalue weighted by atomic mass is 19.2. The number of nitrogens with one attached hydrogen (secondary N) is 1. The number of halogens is 3. The Bertz CT molecular complexity index is 704. The summed E-state index contributed by atoms with van der Waals surface area (Å²) >= 11 is 0. The fourth-order valence-corrected chi connectivity index (χ4v) is 3.81. The molecule has 1 aromatic rings. The molecular formula is C19H27F3N4O2. The Morgan fingerprint density at radius 3 is 2.54 bits per heavy atom. The van der Waals surface area contributed by atoms with Crippen molar-refractivity contribution in [2.45, 2.75) is 31.3 Å². The molecule has 2 aliphatic rings. The molecule has 2 heterocycles. The smallest absolute Gasteiger partial charge is 0.224 e. The third kappa shape index (κ3) is 5.23. The van der Waals surface area contributed by atoms with Crippen molar-refractivity contribution in [2.24, 2.45) is 11.7 Å². The molecule has 2 aliphatic heterocycles. The van der Waals surface area contributed by atoms with Crippen LogP contribution >= 0.6 is 0 Å². The van der Waals surface area contributed by atoms with E-state index in [4.69, 9.17) is 5.73 Å². The molecule has 0 saturated carbocycles. The van der Waals surface area contributed by atoms with Crippen LogP contribution in [0, 0.1) is 23.4 Å². The van der Waals surface area contributed by atoms with E-state index in [1.54, 1.807) is 9.80 Å². The molecule has 2 saturated heterocycles. The van der Waals surface area contributed by atoms with Crippen LogP contribution in [0.5, 0.6) is 0 Å². The number of benzene rings is 1. The van der Waals surface area contributed by atoms with E-state index in [2.05, 4.69) is 5.32 Å². The van der Waals surface area contributed by atoms with Gasteiger partial charge in [-0.25, -0.2) is 13.2 Å². The first-order valence-electron chi connectivity index (χ1n) is 9.27. The Morgan fingerprint density at radius 2 is 1.89 bits per heavy atom. The molecule has 3 rings (SSSR count). The SMILES string of the molecule is CNC.NC(CC(=O)N1CC[C@H]2CN(C=O)C[C@H]21)Cc1cc(F)c(F)cc1F. The topological polar surface area (TPSA) is 78.7 Å². The highest BCUT2D eigenvalue weighted by molar-refractivity contribution is 5.77. The van der Waals surface area contributed by atoms with Crippen LogP contribution in [0.2, 0.25) is 0 Å². The summed E-state index contributed by atoms with van der Waals surface area (Å²) in [5.74, 6) is -3.14. The zero-order valence-corrected chi connectivity index (χ0v) is 16.1. The number of hydrogen-bond donors (Lipinski definition) is 2. The number of carbonyl (C=O) groups excluding carboxylic acids is 2. The summed E-state index contributed by atoms with van der Waals surface area (Å²) in [6, 6.07) is 0.566. The Balaban J connectivity index is 0.000000878. The predicted octanol–water partition coefficient (Wildman–Crippen LogP) is 0.889. The average Bonchev–Trinajstić information content (AvgIpc) is 3.20. The van der Waals surface area contributed by atoms with E-state index in [-0.39, 0.29) is 36.3 Å². The number of likely N-dealkylation sites (tertiary alicyclic amines) is 2. The van der Waals surface area contributed by atoms with Crippen molar-refractivity contribution in [1.82, 2.24) is 15.1 Å². The average molecular weight is 400 g/mol. The molecule has 156 valence electrons. The van der Waals surface area contributed by atoms with Crippen LogP contribution in [-0.4, -0.2) is 67.9 Å². The minimum Gasteiger partial charge on any atom is -0.343 e. The number of nitrogens with two attached hydrogens (primary N) is 1. The van der Waals surface area contributed by atoms with Crippen LogP contribution in [0.4, 0.5) is 13.2 Å². The van der Waals surface area contributed by atoms with Crippen LogP contribution < -0.4 is 11.1 Å². The standard InChI is InChI=1S/C17H20F3N3O2.C2H7N/c18-13-6-15(20)14(19)4-11(13)3-12(21)5-17(25)23-2-1-10-7-22(9-24)8-16(10)23;1-3-2/h4,6,9-10,12,16H,1-3,5,7-8,21H2;3H,1-2H3/t10-,12?,16+;/m0./s1. The zero-order chi connectivity index (χ0) is 20.8. The number of rotatable bonds is 5. The summed E-state index contributed by atoms with van der Waals surface area (Å²) in [5.41, 5.74) is 5.88. The molecule has 2 amide bonds. The van der Waals surface area contributed by atoms with Crippen molar-refractivity contribution >= 4 is 12.3 Å². The molecule has 0 bridgehead atoms. The molecule has 28 heavy (non-hydrogen) atoms. The monoisotopic (exact) mass is 400 g/mol. The van der Waals surface area contributed by atoms with Crippen molar-refractivity contribution in [3.8, 4) is 0 Å². The largest absolute Gasteiger partial charge is 0.343 e. The van der Waals surface area contributed by atoms with E-state index in [1.807, 2.05) is 14.1 Å². The third-order valence-corrected chi connectivity index (χ3v) is 5.05. The van der Waals surface area contributed by atoms with Crippen LogP contribution in [0.15, 0.2) is 12.1 Å². The van der Waals surface area contributed by atoms with Gasteiger partial charge >= 0.3 is 0 Å². The molecule has 1 aromatic carbocycles. The van der Waals surface area contributed by atoms with Crippen LogP contribution in [0.25, 0.3) is 0 Å². The molecule has 9 heteroatoms. The van der Waals surface area contributed by atoms with E-state index in [0.29, 0.717) is 25.7 Å². The molecule has 0 aromatic heterocycles. The van der Waals surface area contributed by atoms with Crippen LogP contribution in [0.3, 0.4) is 0 Å². The Kier molecular flexibility index (Phi) is 7.82. The van der Waals surface area contributed by atoms with Gasteiger partial charge < -0.3 is 20.9 Å². The zero-order valence-electron chi connectivity index (χ0n) is 16.1. The minimum atomic E-state index is -1.25. The molecule has 0 aliphatic carbocycles. The van der Waals surface area contributed by atoms with Gasteiger partial charge in [-0.15, -0.1) is 0 Å². The summed E-state index contributed by atoms with van der Waals surface area (Å²) in [6.07, 6.45) is 1.56. The lowest BCUT2D eigenvalue weighted by molar-refractivity contribution is -0.132. The molecule has 3 N–H and O–H groups in total. The molecule has 0 spiro atoms. The quantitative estimate of drug-likeness (QED) is 0.568.